The molecule has 0 spiro atoms. The summed E-state index contributed by atoms with van der Waals surface area (Å²) in [7, 11) is 0. The quantitative estimate of drug-likeness (QED) is 0.450. The fourth-order valence-corrected chi connectivity index (χ4v) is 4.22. The van der Waals surface area contributed by atoms with E-state index in [1.54, 1.807) is 6.07 Å². The first-order valence-corrected chi connectivity index (χ1v) is 10.3. The summed E-state index contributed by atoms with van der Waals surface area (Å²) < 4.78 is 2.00. The normalized spacial score (nSPS) is 12.4. The predicted octanol–water partition coefficient (Wildman–Crippen LogP) is 5.35. The number of carbonyl (C=O) groups is 1. The number of nitrogens with zero attached hydrogens (tertiary/aromatic N) is 3. The number of halogens is 1. The van der Waals surface area contributed by atoms with Crippen LogP contribution < -0.4 is 5.32 Å². The molecule has 4 aromatic rings. The Balaban J connectivity index is 1.64. The van der Waals surface area contributed by atoms with Gasteiger partial charge in [-0.2, -0.15) is 0 Å². The fraction of sp³-hybridized carbons (Fsp3) is 0.190. The maximum atomic E-state index is 12.9. The summed E-state index contributed by atoms with van der Waals surface area (Å²) >= 11 is 7.49. The number of fused-ring (bicyclic) bond motifs is 3. The number of aromatic nitrogens is 3. The van der Waals surface area contributed by atoms with Crippen LogP contribution in [0, 0.1) is 6.92 Å². The summed E-state index contributed by atoms with van der Waals surface area (Å²) in [6.45, 7) is 3.93. The van der Waals surface area contributed by atoms with Crippen LogP contribution in [0.15, 0.2) is 59.8 Å². The van der Waals surface area contributed by atoms with Crippen LogP contribution in [0.25, 0.3) is 16.6 Å². The van der Waals surface area contributed by atoms with Gasteiger partial charge in [-0.3, -0.25) is 9.20 Å². The Hall–Kier alpha value is -2.57. The minimum atomic E-state index is -0.301. The van der Waals surface area contributed by atoms with Crippen LogP contribution in [-0.2, 0) is 4.79 Å². The molecule has 142 valence electrons. The van der Waals surface area contributed by atoms with Crippen molar-refractivity contribution >= 4 is 51.5 Å². The van der Waals surface area contributed by atoms with Crippen molar-refractivity contribution in [1.82, 2.24) is 14.6 Å². The molecule has 1 amide bonds. The van der Waals surface area contributed by atoms with Gasteiger partial charge in [-0.1, -0.05) is 54.6 Å². The molecular weight excluding hydrogens is 392 g/mol. The molecule has 4 rings (SSSR count). The highest BCUT2D eigenvalue weighted by Crippen LogP contribution is 2.29. The van der Waals surface area contributed by atoms with Crippen LogP contribution in [0.5, 0.6) is 0 Å². The second-order valence-electron chi connectivity index (χ2n) is 6.53. The largest absolute Gasteiger partial charge is 0.325 e. The van der Waals surface area contributed by atoms with E-state index in [9.17, 15) is 4.79 Å². The third-order valence-electron chi connectivity index (χ3n) is 4.62. The highest BCUT2D eigenvalue weighted by molar-refractivity contribution is 8.00. The highest BCUT2D eigenvalue weighted by atomic mass is 35.5. The van der Waals surface area contributed by atoms with Gasteiger partial charge in [-0.15, -0.1) is 10.2 Å². The van der Waals surface area contributed by atoms with E-state index in [0.717, 1.165) is 27.8 Å². The minimum Gasteiger partial charge on any atom is -0.325 e. The van der Waals surface area contributed by atoms with Crippen molar-refractivity contribution in [2.75, 3.05) is 5.32 Å². The molecule has 28 heavy (non-hydrogen) atoms. The molecule has 1 atom stereocenters. The molecule has 0 radical (unpaired) electrons. The Morgan fingerprint density at radius 2 is 2.00 bits per heavy atom. The lowest BCUT2D eigenvalue weighted by Gasteiger charge is -2.15. The Kier molecular flexibility index (Phi) is 5.24. The zero-order chi connectivity index (χ0) is 19.7. The minimum absolute atomic E-state index is 0.0742. The Bertz CT molecular complexity index is 1170. The molecule has 0 saturated heterocycles. The number of benzene rings is 2. The van der Waals surface area contributed by atoms with Gasteiger partial charge in [0.1, 0.15) is 0 Å². The first-order chi connectivity index (χ1) is 13.6. The molecule has 7 heteroatoms. The molecule has 0 fully saturated rings. The lowest BCUT2D eigenvalue weighted by atomic mass is 10.2. The highest BCUT2D eigenvalue weighted by Gasteiger charge is 2.22. The maximum Gasteiger partial charge on any atom is 0.237 e. The van der Waals surface area contributed by atoms with Crippen molar-refractivity contribution < 1.29 is 4.79 Å². The van der Waals surface area contributed by atoms with Gasteiger partial charge >= 0.3 is 0 Å². The number of thioether (sulfide) groups is 1. The molecule has 1 unspecified atom stereocenters. The molecule has 0 aliphatic carbocycles. The SMILES string of the molecule is CCC(Sc1nnc2ccc3ccccc3n12)C(=O)Nc1cc(Cl)ccc1C. The van der Waals surface area contributed by atoms with Crippen LogP contribution in [0.2, 0.25) is 5.02 Å². The van der Waals surface area contributed by atoms with Crippen LogP contribution >= 0.6 is 23.4 Å². The number of anilines is 1. The molecule has 0 saturated carbocycles. The Morgan fingerprint density at radius 3 is 2.82 bits per heavy atom. The smallest absolute Gasteiger partial charge is 0.237 e. The van der Waals surface area contributed by atoms with Gasteiger partial charge in [0.15, 0.2) is 10.8 Å². The maximum absolute atomic E-state index is 12.9. The van der Waals surface area contributed by atoms with E-state index < -0.39 is 0 Å². The molecule has 2 heterocycles. The zero-order valence-corrected chi connectivity index (χ0v) is 17.1. The number of amides is 1. The summed E-state index contributed by atoms with van der Waals surface area (Å²) in [5.41, 5.74) is 3.49. The number of carbonyl (C=O) groups excluding carboxylic acids is 1. The van der Waals surface area contributed by atoms with Crippen LogP contribution in [0.4, 0.5) is 5.69 Å². The summed E-state index contributed by atoms with van der Waals surface area (Å²) in [6.07, 6.45) is 0.662. The number of rotatable bonds is 5. The molecule has 0 bridgehead atoms. The summed E-state index contributed by atoms with van der Waals surface area (Å²) in [4.78, 5) is 12.9. The Morgan fingerprint density at radius 1 is 1.18 bits per heavy atom. The van der Waals surface area contributed by atoms with Gasteiger partial charge in [0.2, 0.25) is 5.91 Å². The Labute approximate surface area is 172 Å². The van der Waals surface area contributed by atoms with Crippen molar-refractivity contribution in [2.24, 2.45) is 0 Å². The monoisotopic (exact) mass is 410 g/mol. The van der Waals surface area contributed by atoms with E-state index >= 15 is 0 Å². The second-order valence-corrected chi connectivity index (χ2v) is 8.14. The number of pyridine rings is 1. The fourth-order valence-electron chi connectivity index (χ4n) is 3.08. The molecule has 2 aromatic carbocycles. The molecule has 0 aliphatic rings. The second kappa shape index (κ2) is 7.81. The molecule has 0 aliphatic heterocycles. The zero-order valence-electron chi connectivity index (χ0n) is 15.5. The van der Waals surface area contributed by atoms with E-state index in [0.29, 0.717) is 16.6 Å². The number of nitrogens with one attached hydrogen (secondary N) is 1. The average Bonchev–Trinajstić information content (AvgIpc) is 3.12. The lowest BCUT2D eigenvalue weighted by Crippen LogP contribution is -2.25. The number of aryl methyl sites for hydroxylation is 1. The van der Waals surface area contributed by atoms with Gasteiger partial charge < -0.3 is 5.32 Å². The first kappa shape index (κ1) is 18.8. The first-order valence-electron chi connectivity index (χ1n) is 9.03. The number of hydrogen-bond donors (Lipinski definition) is 1. The van der Waals surface area contributed by atoms with Crippen molar-refractivity contribution in [3.8, 4) is 0 Å². The molecule has 1 N–H and O–H groups in total. The third-order valence-corrected chi connectivity index (χ3v) is 6.16. The van der Waals surface area contributed by atoms with Gasteiger partial charge in [0.05, 0.1) is 10.8 Å². The van der Waals surface area contributed by atoms with Crippen molar-refractivity contribution in [1.29, 1.82) is 0 Å². The van der Waals surface area contributed by atoms with E-state index in [1.807, 2.05) is 60.7 Å². The van der Waals surface area contributed by atoms with Gasteiger partial charge in [-0.05, 0) is 54.6 Å². The number of hydrogen-bond acceptors (Lipinski definition) is 4. The van der Waals surface area contributed by atoms with Crippen molar-refractivity contribution in [2.45, 2.75) is 30.7 Å². The molecule has 2 aromatic heterocycles. The average molecular weight is 411 g/mol. The summed E-state index contributed by atoms with van der Waals surface area (Å²) in [5, 5.41) is 13.7. The van der Waals surface area contributed by atoms with Crippen LogP contribution in [0.3, 0.4) is 0 Å². The number of para-hydroxylation sites is 1. The third kappa shape index (κ3) is 3.57. The summed E-state index contributed by atoms with van der Waals surface area (Å²) in [6, 6.07) is 17.5. The van der Waals surface area contributed by atoms with Crippen LogP contribution in [0.1, 0.15) is 18.9 Å². The predicted molar refractivity (Wildman–Crippen MR) is 115 cm³/mol. The molecule has 5 nitrogen and oxygen atoms in total. The van der Waals surface area contributed by atoms with Gasteiger partial charge in [0.25, 0.3) is 0 Å². The van der Waals surface area contributed by atoms with Gasteiger partial charge in [0, 0.05) is 10.7 Å². The molecular formula is C21H19ClN4OS. The van der Waals surface area contributed by atoms with E-state index in [2.05, 4.69) is 21.6 Å². The van der Waals surface area contributed by atoms with E-state index in [-0.39, 0.29) is 11.2 Å². The summed E-state index contributed by atoms with van der Waals surface area (Å²) in [5.74, 6) is -0.0742. The lowest BCUT2D eigenvalue weighted by molar-refractivity contribution is -0.115. The van der Waals surface area contributed by atoms with E-state index in [1.165, 1.54) is 11.8 Å². The van der Waals surface area contributed by atoms with Gasteiger partial charge in [-0.25, -0.2) is 0 Å². The van der Waals surface area contributed by atoms with E-state index in [4.69, 9.17) is 11.6 Å². The standard InChI is InChI=1S/C21H19ClN4OS/c1-3-18(20(27)23-16-12-15(22)10-8-13(16)2)28-21-25-24-19-11-9-14-6-4-5-7-17(14)26(19)21/h4-12,18H,3H2,1-2H3,(H,23,27). The van der Waals surface area contributed by atoms with Crippen LogP contribution in [-0.4, -0.2) is 25.8 Å². The van der Waals surface area contributed by atoms with Crippen molar-refractivity contribution in [3.05, 3.63) is 65.2 Å². The van der Waals surface area contributed by atoms with Crippen molar-refractivity contribution in [3.63, 3.8) is 0 Å². The topological polar surface area (TPSA) is 59.3 Å².